The molecule has 1 unspecified atom stereocenters. The van der Waals surface area contributed by atoms with Crippen LogP contribution in [0.3, 0.4) is 0 Å². The molecular formula is C25H32N2O6S. The number of ether oxygens (including phenoxy) is 2. The molecule has 2 heterocycles. The molecule has 1 saturated heterocycles. The maximum atomic E-state index is 12.4. The number of anilines is 1. The van der Waals surface area contributed by atoms with Gasteiger partial charge >= 0.3 is 12.0 Å². The second kappa shape index (κ2) is 12.6. The van der Waals surface area contributed by atoms with Crippen molar-refractivity contribution in [3.05, 3.63) is 51.7 Å². The lowest BCUT2D eigenvalue weighted by Gasteiger charge is -2.22. The van der Waals surface area contributed by atoms with Gasteiger partial charge < -0.3 is 14.6 Å². The molecule has 34 heavy (non-hydrogen) atoms. The topological polar surface area (TPSA) is 105 Å². The zero-order valence-corrected chi connectivity index (χ0v) is 20.4. The summed E-state index contributed by atoms with van der Waals surface area (Å²) in [6.45, 7) is 4.64. The predicted octanol–water partition coefficient (Wildman–Crippen LogP) is 4.57. The Balaban J connectivity index is 1.58. The number of aliphatic hydroxyl groups is 1. The third kappa shape index (κ3) is 6.65. The molecule has 2 N–H and O–H groups in total. The van der Waals surface area contributed by atoms with Gasteiger partial charge in [0.1, 0.15) is 10.9 Å². The summed E-state index contributed by atoms with van der Waals surface area (Å²) in [6, 6.07) is 9.20. The number of imide groups is 1. The van der Waals surface area contributed by atoms with Crippen LogP contribution >= 0.6 is 11.3 Å². The average molecular weight is 489 g/mol. The molecule has 0 bridgehead atoms. The Bertz CT molecular complexity index is 974. The number of hydrogen-bond donors (Lipinski definition) is 2. The van der Waals surface area contributed by atoms with Gasteiger partial charge in [-0.1, -0.05) is 45.2 Å². The van der Waals surface area contributed by atoms with Crippen LogP contribution in [0.1, 0.15) is 72.2 Å². The number of rotatable bonds is 13. The number of nitrogens with one attached hydrogen (secondary N) is 1. The molecule has 0 spiro atoms. The van der Waals surface area contributed by atoms with E-state index < -0.39 is 24.1 Å². The first kappa shape index (κ1) is 25.9. The average Bonchev–Trinajstić information content (AvgIpc) is 3.41. The van der Waals surface area contributed by atoms with Gasteiger partial charge in [-0.05, 0) is 42.7 Å². The Morgan fingerprint density at radius 3 is 2.59 bits per heavy atom. The molecule has 0 saturated carbocycles. The second-order valence-electron chi connectivity index (χ2n) is 8.20. The number of benzene rings is 1. The van der Waals surface area contributed by atoms with E-state index in [4.69, 9.17) is 9.47 Å². The van der Waals surface area contributed by atoms with Gasteiger partial charge in [0.25, 0.3) is 5.91 Å². The summed E-state index contributed by atoms with van der Waals surface area (Å²) in [5.74, 6) is -0.785. The normalized spacial score (nSPS) is 16.6. The Hall–Kier alpha value is -2.75. The SMILES string of the molecule is CCCCCC(O)c1ccc(N2C(=O)NC(=O)[C@@H]2COCc2ccc(C(=O)OCCC)s2)cc1. The van der Waals surface area contributed by atoms with E-state index in [-0.39, 0.29) is 19.2 Å². The second-order valence-corrected chi connectivity index (χ2v) is 9.37. The summed E-state index contributed by atoms with van der Waals surface area (Å²) in [5.41, 5.74) is 1.34. The van der Waals surface area contributed by atoms with E-state index in [0.717, 1.165) is 36.1 Å². The van der Waals surface area contributed by atoms with Crippen LogP contribution in [-0.4, -0.2) is 42.3 Å². The largest absolute Gasteiger partial charge is 0.462 e. The molecule has 1 aliphatic heterocycles. The standard InChI is InChI=1S/C25H32N2O6S/c1-3-5-6-7-21(28)17-8-10-18(11-9-17)27-20(23(29)26-25(27)31)16-32-15-19-12-13-22(34-19)24(30)33-14-4-2/h8-13,20-21,28H,3-7,14-16H2,1-2H3,(H,26,29,31)/t20-,21?/m0/s1. The number of urea groups is 1. The van der Waals surface area contributed by atoms with Gasteiger partial charge in [0.15, 0.2) is 0 Å². The minimum absolute atomic E-state index is 0.00643. The Kier molecular flexibility index (Phi) is 9.62. The quantitative estimate of drug-likeness (QED) is 0.243. The van der Waals surface area contributed by atoms with E-state index in [1.54, 1.807) is 36.4 Å². The monoisotopic (exact) mass is 488 g/mol. The van der Waals surface area contributed by atoms with Crippen LogP contribution < -0.4 is 10.2 Å². The first-order chi connectivity index (χ1) is 16.4. The van der Waals surface area contributed by atoms with Gasteiger partial charge in [0, 0.05) is 10.6 Å². The molecule has 1 aromatic heterocycles. The molecule has 184 valence electrons. The van der Waals surface area contributed by atoms with Gasteiger partial charge in [0.2, 0.25) is 0 Å². The Labute approximate surface area is 203 Å². The van der Waals surface area contributed by atoms with Crippen molar-refractivity contribution in [2.45, 2.75) is 64.7 Å². The first-order valence-electron chi connectivity index (χ1n) is 11.7. The van der Waals surface area contributed by atoms with Crippen LogP contribution in [-0.2, 0) is 20.9 Å². The molecule has 2 aromatic rings. The molecule has 8 nitrogen and oxygen atoms in total. The first-order valence-corrected chi connectivity index (χ1v) is 12.5. The van der Waals surface area contributed by atoms with E-state index in [1.807, 2.05) is 6.92 Å². The number of thiophene rings is 1. The highest BCUT2D eigenvalue weighted by Gasteiger charge is 2.39. The molecule has 3 amide bonds. The number of esters is 1. The fourth-order valence-electron chi connectivity index (χ4n) is 3.67. The van der Waals surface area contributed by atoms with E-state index in [2.05, 4.69) is 12.2 Å². The fourth-order valence-corrected chi connectivity index (χ4v) is 4.51. The molecule has 9 heteroatoms. The molecule has 2 atom stereocenters. The zero-order chi connectivity index (χ0) is 24.5. The summed E-state index contributed by atoms with van der Waals surface area (Å²) >= 11 is 1.28. The summed E-state index contributed by atoms with van der Waals surface area (Å²) < 4.78 is 10.9. The van der Waals surface area contributed by atoms with Gasteiger partial charge in [-0.25, -0.2) is 9.59 Å². The van der Waals surface area contributed by atoms with Gasteiger partial charge in [-0.15, -0.1) is 11.3 Å². The van der Waals surface area contributed by atoms with Crippen molar-refractivity contribution < 1.29 is 29.0 Å². The lowest BCUT2D eigenvalue weighted by molar-refractivity contribution is -0.121. The predicted molar refractivity (Wildman–Crippen MR) is 130 cm³/mol. The smallest absolute Gasteiger partial charge is 0.348 e. The molecule has 1 fully saturated rings. The number of nitrogens with zero attached hydrogens (tertiary/aromatic N) is 1. The number of amides is 3. The van der Waals surface area contributed by atoms with Crippen molar-refractivity contribution in [3.63, 3.8) is 0 Å². The minimum Gasteiger partial charge on any atom is -0.462 e. The maximum absolute atomic E-state index is 12.4. The van der Waals surface area contributed by atoms with Crippen LogP contribution in [0.25, 0.3) is 0 Å². The van der Waals surface area contributed by atoms with Crippen LogP contribution in [0, 0.1) is 0 Å². The molecule has 1 aromatic carbocycles. The van der Waals surface area contributed by atoms with Crippen molar-refractivity contribution in [3.8, 4) is 0 Å². The van der Waals surface area contributed by atoms with Crippen LogP contribution in [0.5, 0.6) is 0 Å². The number of unbranched alkanes of at least 4 members (excludes halogenated alkanes) is 2. The highest BCUT2D eigenvalue weighted by atomic mass is 32.1. The molecule has 1 aliphatic rings. The lowest BCUT2D eigenvalue weighted by Crippen LogP contribution is -2.38. The maximum Gasteiger partial charge on any atom is 0.348 e. The molecule has 3 rings (SSSR count). The number of aliphatic hydroxyl groups excluding tert-OH is 1. The summed E-state index contributed by atoms with van der Waals surface area (Å²) in [6.07, 6.45) is 4.01. The molecule has 0 aliphatic carbocycles. The van der Waals surface area contributed by atoms with E-state index in [0.29, 0.717) is 23.6 Å². The molecule has 0 radical (unpaired) electrons. The number of carbonyl (C=O) groups is 3. The summed E-state index contributed by atoms with van der Waals surface area (Å²) in [4.78, 5) is 39.4. The Morgan fingerprint density at radius 2 is 1.88 bits per heavy atom. The fraction of sp³-hybridized carbons (Fsp3) is 0.480. The van der Waals surface area contributed by atoms with E-state index in [9.17, 15) is 19.5 Å². The zero-order valence-electron chi connectivity index (χ0n) is 19.6. The van der Waals surface area contributed by atoms with Crippen molar-refractivity contribution in [1.82, 2.24) is 5.32 Å². The number of hydrogen-bond acceptors (Lipinski definition) is 7. The minimum atomic E-state index is -0.804. The highest BCUT2D eigenvalue weighted by molar-refractivity contribution is 7.13. The van der Waals surface area contributed by atoms with Crippen molar-refractivity contribution >= 4 is 34.9 Å². The van der Waals surface area contributed by atoms with E-state index in [1.165, 1.54) is 16.2 Å². The summed E-state index contributed by atoms with van der Waals surface area (Å²) in [7, 11) is 0. The highest BCUT2D eigenvalue weighted by Crippen LogP contribution is 2.26. The van der Waals surface area contributed by atoms with Gasteiger partial charge in [-0.2, -0.15) is 0 Å². The van der Waals surface area contributed by atoms with E-state index >= 15 is 0 Å². The van der Waals surface area contributed by atoms with Crippen LogP contribution in [0.4, 0.5) is 10.5 Å². The van der Waals surface area contributed by atoms with Crippen LogP contribution in [0.2, 0.25) is 0 Å². The third-order valence-corrected chi connectivity index (χ3v) is 6.56. The molecular weight excluding hydrogens is 456 g/mol. The van der Waals surface area contributed by atoms with Gasteiger partial charge in [-0.3, -0.25) is 15.0 Å². The van der Waals surface area contributed by atoms with Crippen molar-refractivity contribution in [1.29, 1.82) is 0 Å². The third-order valence-electron chi connectivity index (χ3n) is 5.52. The Morgan fingerprint density at radius 1 is 1.12 bits per heavy atom. The van der Waals surface area contributed by atoms with Gasteiger partial charge in [0.05, 0.1) is 25.9 Å². The number of carbonyl (C=O) groups excluding carboxylic acids is 3. The lowest BCUT2D eigenvalue weighted by atomic mass is 10.0. The van der Waals surface area contributed by atoms with Crippen molar-refractivity contribution in [2.24, 2.45) is 0 Å². The van der Waals surface area contributed by atoms with Crippen LogP contribution in [0.15, 0.2) is 36.4 Å². The summed E-state index contributed by atoms with van der Waals surface area (Å²) in [5, 5.41) is 12.7. The van der Waals surface area contributed by atoms with Crippen molar-refractivity contribution in [2.75, 3.05) is 18.1 Å².